The summed E-state index contributed by atoms with van der Waals surface area (Å²) in [6, 6.07) is -4.74. The molecule has 29 heavy (non-hydrogen) atoms. The fourth-order valence-electron chi connectivity index (χ4n) is 1.49. The number of esters is 1. The van der Waals surface area contributed by atoms with Crippen LogP contribution in [0.15, 0.2) is 0 Å². The maximum absolute atomic E-state index is 12.9. The molecule has 5 N–H and O–H groups in total. The normalized spacial score (nSPS) is 14.6. The first-order valence-electron chi connectivity index (χ1n) is 7.46. The van der Waals surface area contributed by atoms with Gasteiger partial charge in [-0.3, -0.25) is 10.1 Å². The molecule has 0 aromatic carbocycles. The summed E-state index contributed by atoms with van der Waals surface area (Å²) in [5, 5.41) is 21.2. The van der Waals surface area contributed by atoms with Crippen LogP contribution in [-0.4, -0.2) is 66.5 Å². The summed E-state index contributed by atoms with van der Waals surface area (Å²) in [4.78, 5) is 42.5. The van der Waals surface area contributed by atoms with Gasteiger partial charge in [0.1, 0.15) is 24.1 Å². The van der Waals surface area contributed by atoms with E-state index in [2.05, 4.69) is 10.1 Å². The molecule has 0 aliphatic heterocycles. The first kappa shape index (κ1) is 28.7. The van der Waals surface area contributed by atoms with Gasteiger partial charge in [-0.15, -0.1) is 5.48 Å². The molecule has 0 aromatic heterocycles. The molecule has 0 radical (unpaired) electrons. The Morgan fingerprint density at radius 3 is 1.83 bits per heavy atom. The molecule has 1 unspecified atom stereocenters. The summed E-state index contributed by atoms with van der Waals surface area (Å²) in [6.45, 7) is 2.37. The number of halogens is 6. The first-order chi connectivity index (χ1) is 13.0. The van der Waals surface area contributed by atoms with Crippen molar-refractivity contribution in [2.75, 3.05) is 7.11 Å². The van der Waals surface area contributed by atoms with Crippen LogP contribution in [0.3, 0.4) is 0 Å². The minimum absolute atomic E-state index is 0.143. The van der Waals surface area contributed by atoms with Crippen LogP contribution in [0, 0.1) is 0 Å². The minimum Gasteiger partial charge on any atom is -0.542 e. The van der Waals surface area contributed by atoms with Gasteiger partial charge in [0.15, 0.2) is 0 Å². The van der Waals surface area contributed by atoms with E-state index in [1.54, 1.807) is 0 Å². The number of carbonyl (C=O) groups is 4. The molecule has 0 aliphatic carbocycles. The van der Waals surface area contributed by atoms with Crippen LogP contribution in [0.25, 0.3) is 0 Å². The average Bonchev–Trinajstić information content (AvgIpc) is 2.58. The quantitative estimate of drug-likeness (QED) is 0.148. The number of rotatable bonds is 7. The maximum atomic E-state index is 12.9. The van der Waals surface area contributed by atoms with Gasteiger partial charge >= 0.3 is 24.2 Å². The summed E-state index contributed by atoms with van der Waals surface area (Å²) < 4.78 is 74.4. The number of carboxylic acids is 1. The second kappa shape index (κ2) is 12.2. The molecule has 170 valence electrons. The molecular formula is C13H19F6N3O7. The Morgan fingerprint density at radius 1 is 1.07 bits per heavy atom. The molecule has 0 rings (SSSR count). The van der Waals surface area contributed by atoms with Gasteiger partial charge in [-0.25, -0.2) is 14.8 Å². The van der Waals surface area contributed by atoms with Crippen molar-refractivity contribution in [1.82, 2.24) is 10.6 Å². The molecule has 2 amide bonds. The van der Waals surface area contributed by atoms with Crippen LogP contribution in [0.4, 0.5) is 26.3 Å². The molecular weight excluding hydrogens is 424 g/mol. The highest BCUT2D eigenvalue weighted by atomic mass is 19.4. The van der Waals surface area contributed by atoms with Crippen molar-refractivity contribution in [2.24, 2.45) is 0 Å². The van der Waals surface area contributed by atoms with Crippen LogP contribution in [0.1, 0.15) is 20.3 Å². The Hall–Kier alpha value is -2.46. The van der Waals surface area contributed by atoms with Crippen molar-refractivity contribution >= 4 is 23.8 Å². The van der Waals surface area contributed by atoms with Gasteiger partial charge in [-0.1, -0.05) is 0 Å². The van der Waals surface area contributed by atoms with Crippen LogP contribution >= 0.6 is 0 Å². The number of aliphatic carboxylic acids is 1. The predicted molar refractivity (Wildman–Crippen MR) is 76.5 cm³/mol. The third-order valence-corrected chi connectivity index (χ3v) is 2.95. The van der Waals surface area contributed by atoms with E-state index in [-0.39, 0.29) is 5.48 Å². The van der Waals surface area contributed by atoms with Crippen LogP contribution in [0.5, 0.6) is 0 Å². The van der Waals surface area contributed by atoms with E-state index in [1.807, 2.05) is 5.32 Å². The van der Waals surface area contributed by atoms with Crippen molar-refractivity contribution in [1.29, 1.82) is 0 Å². The number of alkyl halides is 6. The maximum Gasteiger partial charge on any atom is 0.430 e. The third kappa shape index (κ3) is 12.6. The van der Waals surface area contributed by atoms with Crippen LogP contribution < -0.4 is 21.2 Å². The Kier molecular flexibility index (Phi) is 12.1. The molecule has 16 heteroatoms. The van der Waals surface area contributed by atoms with Crippen molar-refractivity contribution in [2.45, 2.75) is 50.7 Å². The van der Waals surface area contributed by atoms with Crippen LogP contribution in [0.2, 0.25) is 0 Å². The molecule has 0 aromatic rings. The Labute approximate surface area is 159 Å². The van der Waals surface area contributed by atoms with Gasteiger partial charge in [-0.2, -0.15) is 26.3 Å². The zero-order chi connectivity index (χ0) is 23.6. The van der Waals surface area contributed by atoms with Crippen molar-refractivity contribution in [3.05, 3.63) is 0 Å². The second-order valence-electron chi connectivity index (χ2n) is 5.32. The lowest BCUT2D eigenvalue weighted by Crippen LogP contribution is -2.88. The molecule has 0 aliphatic rings. The highest BCUT2D eigenvalue weighted by molar-refractivity contribution is 5.84. The number of primary amides is 1. The van der Waals surface area contributed by atoms with Gasteiger partial charge in [0.2, 0.25) is 5.91 Å². The lowest BCUT2D eigenvalue weighted by molar-refractivity contribution is -0.815. The number of quaternary nitrogens is 1. The molecule has 10 nitrogen and oxygen atoms in total. The predicted octanol–water partition coefficient (Wildman–Crippen LogP) is -2.26. The van der Waals surface area contributed by atoms with Gasteiger partial charge in [-0.05, 0) is 13.8 Å². The SMILES string of the molecule is COC(=O)[C@H](C)NC(=O)CC(N[C@@H](C)C(=O)[NH2+]O)C(F)(F)F.O=C([O-])C(F)(F)F. The second-order valence-corrected chi connectivity index (χ2v) is 5.32. The number of methoxy groups -OCH3 is 1. The highest BCUT2D eigenvalue weighted by Gasteiger charge is 2.43. The Balaban J connectivity index is 0. The lowest BCUT2D eigenvalue weighted by Gasteiger charge is -2.23. The largest absolute Gasteiger partial charge is 0.542 e. The van der Waals surface area contributed by atoms with Gasteiger partial charge < -0.3 is 20.0 Å². The molecule has 0 bridgehead atoms. The van der Waals surface area contributed by atoms with E-state index in [1.165, 1.54) is 6.92 Å². The van der Waals surface area contributed by atoms with E-state index >= 15 is 0 Å². The topological polar surface area (TPSA) is 161 Å². The molecule has 3 atom stereocenters. The number of carbonyl (C=O) groups excluding carboxylic acids is 4. The number of ether oxygens (including phenoxy) is 1. The molecule has 0 saturated carbocycles. The summed E-state index contributed by atoms with van der Waals surface area (Å²) in [6.07, 6.45) is -11.0. The number of nitrogens with two attached hydrogens (primary N) is 1. The zero-order valence-corrected chi connectivity index (χ0v) is 15.2. The monoisotopic (exact) mass is 443 g/mol. The molecule has 0 fully saturated rings. The van der Waals surface area contributed by atoms with E-state index in [4.69, 9.17) is 15.1 Å². The summed E-state index contributed by atoms with van der Waals surface area (Å²) in [7, 11) is 1.07. The Bertz CT molecular complexity index is 582. The fourth-order valence-corrected chi connectivity index (χ4v) is 1.49. The van der Waals surface area contributed by atoms with E-state index < -0.39 is 60.7 Å². The summed E-state index contributed by atoms with van der Waals surface area (Å²) >= 11 is 0. The number of carboxylic acid groups (broad SMARTS) is 1. The Morgan fingerprint density at radius 2 is 1.52 bits per heavy atom. The first-order valence-corrected chi connectivity index (χ1v) is 7.46. The van der Waals surface area contributed by atoms with Crippen molar-refractivity contribution in [3.8, 4) is 0 Å². The summed E-state index contributed by atoms with van der Waals surface area (Å²) in [5.41, 5.74) is 0.143. The van der Waals surface area contributed by atoms with Crippen molar-refractivity contribution in [3.63, 3.8) is 0 Å². The smallest absolute Gasteiger partial charge is 0.430 e. The van der Waals surface area contributed by atoms with Crippen molar-refractivity contribution < 1.29 is 66.1 Å². The molecule has 0 saturated heterocycles. The van der Waals surface area contributed by atoms with E-state index in [9.17, 15) is 40.7 Å². The third-order valence-electron chi connectivity index (χ3n) is 2.95. The van der Waals surface area contributed by atoms with Gasteiger partial charge in [0, 0.05) is 0 Å². The number of amides is 2. The highest BCUT2D eigenvalue weighted by Crippen LogP contribution is 2.23. The standard InChI is InChI=1S/C11H18F3N3O5.C2HF3O2/c1-5(9(19)17-21)15-7(11(12,13)14)4-8(18)16-6(2)10(20)22-3;3-2(4,5)1(6)7/h5-7,15,21H,4H2,1-3H3,(H,16,18)(H,17,19);(H,6,7)/t5-,6-,7?;/m0./s1. The molecule has 0 spiro atoms. The lowest BCUT2D eigenvalue weighted by atomic mass is 10.1. The van der Waals surface area contributed by atoms with E-state index in [0.717, 1.165) is 14.0 Å². The number of hydrogen-bond donors (Lipinski definition) is 4. The zero-order valence-electron chi connectivity index (χ0n) is 15.2. The van der Waals surface area contributed by atoms with Gasteiger partial charge in [0.05, 0.1) is 13.5 Å². The van der Waals surface area contributed by atoms with E-state index in [0.29, 0.717) is 0 Å². The number of hydrogen-bond acceptors (Lipinski definition) is 8. The molecule has 0 heterocycles. The fraction of sp³-hybridized carbons (Fsp3) is 0.692. The number of hydroxylamine groups is 1. The number of nitrogens with one attached hydrogen (secondary N) is 2. The average molecular weight is 443 g/mol. The van der Waals surface area contributed by atoms with Crippen LogP contribution in [-0.2, 0) is 23.9 Å². The van der Waals surface area contributed by atoms with Gasteiger partial charge in [0.25, 0.3) is 0 Å². The minimum atomic E-state index is -5.19. The summed E-state index contributed by atoms with van der Waals surface area (Å²) in [5.74, 6) is -5.81.